The molecule has 3 rings (SSSR count). The van der Waals surface area contributed by atoms with Gasteiger partial charge >= 0.3 is 5.97 Å². The zero-order chi connectivity index (χ0) is 19.2. The molecule has 0 saturated carbocycles. The number of nitrogens with one attached hydrogen (secondary N) is 1. The summed E-state index contributed by atoms with van der Waals surface area (Å²) in [6, 6.07) is 18.4. The van der Waals surface area contributed by atoms with Crippen LogP contribution in [-0.2, 0) is 9.53 Å². The van der Waals surface area contributed by atoms with Crippen LogP contribution >= 0.6 is 0 Å². The molecule has 3 aromatic rings. The first-order chi connectivity index (χ1) is 13.1. The molecule has 0 aliphatic heterocycles. The van der Waals surface area contributed by atoms with E-state index in [2.05, 4.69) is 5.32 Å². The molecule has 27 heavy (non-hydrogen) atoms. The van der Waals surface area contributed by atoms with E-state index in [1.807, 2.05) is 30.3 Å². The number of esters is 1. The molecule has 3 aromatic carbocycles. The van der Waals surface area contributed by atoms with Gasteiger partial charge in [0.15, 0.2) is 0 Å². The second-order valence-corrected chi connectivity index (χ2v) is 5.79. The lowest BCUT2D eigenvalue weighted by atomic mass is 9.97. The minimum Gasteiger partial charge on any atom is -0.462 e. The van der Waals surface area contributed by atoms with E-state index >= 15 is 0 Å². The molecule has 5 heteroatoms. The Morgan fingerprint density at radius 1 is 1.00 bits per heavy atom. The Morgan fingerprint density at radius 3 is 2.44 bits per heavy atom. The lowest BCUT2D eigenvalue weighted by molar-refractivity contribution is -0.138. The van der Waals surface area contributed by atoms with Crippen molar-refractivity contribution in [2.75, 3.05) is 11.9 Å². The molecule has 0 aliphatic rings. The molecule has 136 valence electrons. The third-order valence-electron chi connectivity index (χ3n) is 4.00. The predicted molar refractivity (Wildman–Crippen MR) is 103 cm³/mol. The van der Waals surface area contributed by atoms with Crippen molar-refractivity contribution in [3.63, 3.8) is 0 Å². The highest BCUT2D eigenvalue weighted by molar-refractivity contribution is 6.27. The second-order valence-electron chi connectivity index (χ2n) is 5.79. The number of ether oxygens (including phenoxy) is 1. The fourth-order valence-electron chi connectivity index (χ4n) is 2.70. The Morgan fingerprint density at radius 2 is 1.70 bits per heavy atom. The summed E-state index contributed by atoms with van der Waals surface area (Å²) >= 11 is 0. The van der Waals surface area contributed by atoms with Crippen molar-refractivity contribution in [3.8, 4) is 0 Å². The summed E-state index contributed by atoms with van der Waals surface area (Å²) in [7, 11) is 0. The Hall–Kier alpha value is -3.47. The normalized spacial score (nSPS) is 11.3. The van der Waals surface area contributed by atoms with E-state index in [1.165, 1.54) is 30.5 Å². The van der Waals surface area contributed by atoms with E-state index in [0.717, 1.165) is 10.8 Å². The van der Waals surface area contributed by atoms with Gasteiger partial charge in [0.2, 0.25) is 5.78 Å². The number of fused-ring (bicyclic) bond motifs is 1. The van der Waals surface area contributed by atoms with Crippen LogP contribution in [0.1, 0.15) is 17.3 Å². The van der Waals surface area contributed by atoms with E-state index < -0.39 is 11.8 Å². The summed E-state index contributed by atoms with van der Waals surface area (Å²) in [4.78, 5) is 25.4. The van der Waals surface area contributed by atoms with E-state index in [0.29, 0.717) is 11.3 Å². The number of carbonyl (C=O) groups is 2. The lowest BCUT2D eigenvalue weighted by Crippen LogP contribution is -2.18. The number of rotatable bonds is 6. The average Bonchev–Trinajstić information content (AvgIpc) is 2.69. The largest absolute Gasteiger partial charge is 0.462 e. The molecule has 0 fully saturated rings. The average molecular weight is 363 g/mol. The molecule has 0 heterocycles. The Balaban J connectivity index is 1.99. The quantitative estimate of drug-likeness (QED) is 0.226. The minimum atomic E-state index is -0.718. The molecule has 0 aromatic heterocycles. The van der Waals surface area contributed by atoms with E-state index in [9.17, 15) is 14.0 Å². The molecule has 0 atom stereocenters. The van der Waals surface area contributed by atoms with Crippen LogP contribution in [0, 0.1) is 5.82 Å². The first-order valence-corrected chi connectivity index (χ1v) is 8.52. The van der Waals surface area contributed by atoms with Crippen LogP contribution in [0.5, 0.6) is 0 Å². The summed E-state index contributed by atoms with van der Waals surface area (Å²) in [6.45, 7) is 1.82. The fraction of sp³-hybridized carbons (Fsp3) is 0.0909. The van der Waals surface area contributed by atoms with Gasteiger partial charge in [-0.15, -0.1) is 0 Å². The number of hydrogen-bond donors (Lipinski definition) is 1. The maximum atomic E-state index is 13.1. The van der Waals surface area contributed by atoms with Crippen LogP contribution in [-0.4, -0.2) is 18.4 Å². The van der Waals surface area contributed by atoms with Gasteiger partial charge in [-0.2, -0.15) is 0 Å². The SMILES string of the molecule is CCOC(=O)C(=CNc1ccc(F)cc1)C(=O)c1cccc2ccccc12. The van der Waals surface area contributed by atoms with Crippen molar-refractivity contribution in [2.24, 2.45) is 0 Å². The molecule has 0 aliphatic carbocycles. The van der Waals surface area contributed by atoms with Gasteiger partial charge in [-0.25, -0.2) is 9.18 Å². The molecule has 0 amide bonds. The number of Topliss-reactive ketones (excluding diaryl/α,β-unsaturated/α-hetero) is 1. The highest BCUT2D eigenvalue weighted by Crippen LogP contribution is 2.22. The van der Waals surface area contributed by atoms with E-state index in [1.54, 1.807) is 19.1 Å². The minimum absolute atomic E-state index is 0.127. The molecule has 0 bridgehead atoms. The summed E-state index contributed by atoms with van der Waals surface area (Å²) in [5.74, 6) is -1.54. The Bertz CT molecular complexity index is 1000. The highest BCUT2D eigenvalue weighted by Gasteiger charge is 2.22. The van der Waals surface area contributed by atoms with Gasteiger partial charge in [-0.3, -0.25) is 4.79 Å². The Labute approximate surface area is 156 Å². The molecule has 0 unspecified atom stereocenters. The van der Waals surface area contributed by atoms with Crippen molar-refractivity contribution < 1.29 is 18.7 Å². The van der Waals surface area contributed by atoms with Crippen LogP contribution in [0.4, 0.5) is 10.1 Å². The van der Waals surface area contributed by atoms with E-state index in [-0.39, 0.29) is 18.0 Å². The summed E-state index contributed by atoms with van der Waals surface area (Å²) < 4.78 is 18.1. The van der Waals surface area contributed by atoms with Gasteiger partial charge in [0.05, 0.1) is 6.61 Å². The van der Waals surface area contributed by atoms with Crippen molar-refractivity contribution in [3.05, 3.63) is 89.9 Å². The number of ketones is 1. The topological polar surface area (TPSA) is 55.4 Å². The maximum Gasteiger partial charge on any atom is 0.343 e. The number of benzene rings is 3. The first-order valence-electron chi connectivity index (χ1n) is 8.52. The Kier molecular flexibility index (Phi) is 5.61. The number of hydrogen-bond acceptors (Lipinski definition) is 4. The van der Waals surface area contributed by atoms with Crippen LogP contribution in [0.2, 0.25) is 0 Å². The standard InChI is InChI=1S/C22H18FNO3/c1-2-27-22(26)20(14-24-17-12-10-16(23)11-13-17)21(25)19-9-5-7-15-6-3-4-8-18(15)19/h3-14,24H,2H2,1H3. The zero-order valence-corrected chi connectivity index (χ0v) is 14.7. The van der Waals surface area contributed by atoms with Crippen LogP contribution < -0.4 is 5.32 Å². The summed E-state index contributed by atoms with van der Waals surface area (Å²) in [6.07, 6.45) is 1.30. The van der Waals surface area contributed by atoms with Crippen molar-refractivity contribution in [1.82, 2.24) is 0 Å². The molecular formula is C22H18FNO3. The van der Waals surface area contributed by atoms with Gasteiger partial charge in [-0.1, -0.05) is 42.5 Å². The third kappa shape index (κ3) is 4.20. The van der Waals surface area contributed by atoms with E-state index in [4.69, 9.17) is 4.74 Å². The van der Waals surface area contributed by atoms with Gasteiger partial charge in [0.25, 0.3) is 0 Å². The summed E-state index contributed by atoms with van der Waals surface area (Å²) in [5, 5.41) is 4.51. The van der Waals surface area contributed by atoms with Crippen molar-refractivity contribution in [2.45, 2.75) is 6.92 Å². The van der Waals surface area contributed by atoms with Crippen molar-refractivity contribution in [1.29, 1.82) is 0 Å². The van der Waals surface area contributed by atoms with Crippen LogP contribution in [0.3, 0.4) is 0 Å². The maximum absolute atomic E-state index is 13.1. The first kappa shape index (κ1) is 18.3. The molecule has 1 N–H and O–H groups in total. The van der Waals surface area contributed by atoms with Crippen LogP contribution in [0.25, 0.3) is 10.8 Å². The highest BCUT2D eigenvalue weighted by atomic mass is 19.1. The number of halogens is 1. The predicted octanol–water partition coefficient (Wildman–Crippen LogP) is 4.72. The fourth-order valence-corrected chi connectivity index (χ4v) is 2.70. The molecule has 4 nitrogen and oxygen atoms in total. The van der Waals surface area contributed by atoms with Gasteiger partial charge in [0, 0.05) is 17.5 Å². The molecule has 0 saturated heterocycles. The number of anilines is 1. The summed E-state index contributed by atoms with van der Waals surface area (Å²) in [5.41, 5.74) is 0.828. The second kappa shape index (κ2) is 8.27. The zero-order valence-electron chi connectivity index (χ0n) is 14.7. The van der Waals surface area contributed by atoms with Crippen molar-refractivity contribution >= 4 is 28.2 Å². The van der Waals surface area contributed by atoms with Gasteiger partial charge in [0.1, 0.15) is 11.4 Å². The number of carbonyl (C=O) groups excluding carboxylic acids is 2. The smallest absolute Gasteiger partial charge is 0.343 e. The van der Waals surface area contributed by atoms with Gasteiger partial charge in [-0.05, 0) is 42.0 Å². The lowest BCUT2D eigenvalue weighted by Gasteiger charge is -2.10. The third-order valence-corrected chi connectivity index (χ3v) is 4.00. The molecule has 0 radical (unpaired) electrons. The van der Waals surface area contributed by atoms with Crippen LogP contribution in [0.15, 0.2) is 78.5 Å². The molecular weight excluding hydrogens is 345 g/mol. The van der Waals surface area contributed by atoms with Gasteiger partial charge < -0.3 is 10.1 Å². The monoisotopic (exact) mass is 363 g/mol. The molecule has 0 spiro atoms.